The fraction of sp³-hybridized carbons (Fsp3) is 0.222. The van der Waals surface area contributed by atoms with Gasteiger partial charge in [0.05, 0.1) is 5.92 Å². The fourth-order valence-electron chi connectivity index (χ4n) is 1.43. The van der Waals surface area contributed by atoms with E-state index in [1.807, 2.05) is 0 Å². The maximum Gasteiger partial charge on any atom is 0.245 e. The zero-order valence-corrected chi connectivity index (χ0v) is 7.86. The van der Waals surface area contributed by atoms with Crippen molar-refractivity contribution in [2.45, 2.75) is 11.3 Å². The molecule has 0 bridgehead atoms. The van der Waals surface area contributed by atoms with Crippen LogP contribution in [0.25, 0.3) is 0 Å². The Labute approximate surface area is 85.3 Å². The standard InChI is InChI=1S/C9H7ClN2O2/c10-7-6(8(13)12-9(7)14)5-2-1-3-11-4-5/h1-4,6-7H,(H,12,13,14). The molecule has 0 spiro atoms. The summed E-state index contributed by atoms with van der Waals surface area (Å²) in [5, 5.41) is 1.35. The van der Waals surface area contributed by atoms with Crippen molar-refractivity contribution in [2.75, 3.05) is 0 Å². The highest BCUT2D eigenvalue weighted by Crippen LogP contribution is 2.27. The molecule has 5 heteroatoms. The van der Waals surface area contributed by atoms with Crippen molar-refractivity contribution in [3.8, 4) is 0 Å². The van der Waals surface area contributed by atoms with Crippen LogP contribution < -0.4 is 5.32 Å². The molecule has 2 amide bonds. The van der Waals surface area contributed by atoms with Gasteiger partial charge < -0.3 is 0 Å². The summed E-state index contributed by atoms with van der Waals surface area (Å²) in [5.41, 5.74) is 0.663. The number of rotatable bonds is 1. The number of nitrogens with zero attached hydrogens (tertiary/aromatic N) is 1. The molecule has 2 atom stereocenters. The molecule has 0 aliphatic carbocycles. The van der Waals surface area contributed by atoms with E-state index in [1.165, 1.54) is 6.20 Å². The zero-order valence-electron chi connectivity index (χ0n) is 7.11. The Bertz CT molecular complexity index is 380. The minimum Gasteiger partial charge on any atom is -0.295 e. The molecule has 72 valence electrons. The van der Waals surface area contributed by atoms with Crippen LogP contribution in [0.3, 0.4) is 0 Å². The Kier molecular flexibility index (Phi) is 2.21. The number of carbonyl (C=O) groups excluding carboxylic acids is 2. The van der Waals surface area contributed by atoms with Gasteiger partial charge in [0.25, 0.3) is 0 Å². The van der Waals surface area contributed by atoms with Gasteiger partial charge >= 0.3 is 0 Å². The number of alkyl halides is 1. The molecule has 1 aromatic rings. The third kappa shape index (κ3) is 1.37. The first-order chi connectivity index (χ1) is 6.70. The monoisotopic (exact) mass is 210 g/mol. The van der Waals surface area contributed by atoms with Gasteiger partial charge in [-0.3, -0.25) is 19.9 Å². The summed E-state index contributed by atoms with van der Waals surface area (Å²) < 4.78 is 0. The summed E-state index contributed by atoms with van der Waals surface area (Å²) in [6.45, 7) is 0. The summed E-state index contributed by atoms with van der Waals surface area (Å²) in [5.74, 6) is -1.41. The van der Waals surface area contributed by atoms with Crippen molar-refractivity contribution in [1.82, 2.24) is 10.3 Å². The molecule has 2 unspecified atom stereocenters. The van der Waals surface area contributed by atoms with E-state index in [2.05, 4.69) is 10.3 Å². The van der Waals surface area contributed by atoms with E-state index in [1.54, 1.807) is 18.3 Å². The number of carbonyl (C=O) groups is 2. The van der Waals surface area contributed by atoms with Gasteiger partial charge in [0.15, 0.2) is 0 Å². The molecule has 1 aromatic heterocycles. The Morgan fingerprint density at radius 2 is 2.14 bits per heavy atom. The van der Waals surface area contributed by atoms with E-state index in [0.29, 0.717) is 5.56 Å². The molecule has 2 rings (SSSR count). The summed E-state index contributed by atoms with van der Waals surface area (Å²) in [6.07, 6.45) is 3.14. The normalized spacial score (nSPS) is 26.4. The van der Waals surface area contributed by atoms with E-state index >= 15 is 0 Å². The largest absolute Gasteiger partial charge is 0.295 e. The van der Waals surface area contributed by atoms with Gasteiger partial charge in [-0.05, 0) is 11.6 Å². The van der Waals surface area contributed by atoms with Crippen molar-refractivity contribution in [1.29, 1.82) is 0 Å². The fourth-order valence-corrected chi connectivity index (χ4v) is 1.75. The highest BCUT2D eigenvalue weighted by atomic mass is 35.5. The lowest BCUT2D eigenvalue weighted by molar-refractivity contribution is -0.125. The molecular weight excluding hydrogens is 204 g/mol. The number of hydrogen-bond donors (Lipinski definition) is 1. The van der Waals surface area contributed by atoms with Crippen LogP contribution in [0.15, 0.2) is 24.5 Å². The van der Waals surface area contributed by atoms with E-state index in [-0.39, 0.29) is 5.91 Å². The first-order valence-electron chi connectivity index (χ1n) is 4.09. The van der Waals surface area contributed by atoms with Crippen LogP contribution in [0, 0.1) is 0 Å². The van der Waals surface area contributed by atoms with Gasteiger partial charge in [0.1, 0.15) is 5.38 Å². The lowest BCUT2D eigenvalue weighted by Crippen LogP contribution is -2.22. The third-order valence-corrected chi connectivity index (χ3v) is 2.57. The van der Waals surface area contributed by atoms with Gasteiger partial charge in [-0.25, -0.2) is 0 Å². The average Bonchev–Trinajstić information content (AvgIpc) is 2.43. The maximum atomic E-state index is 11.4. The van der Waals surface area contributed by atoms with Crippen LogP contribution in [0.5, 0.6) is 0 Å². The van der Waals surface area contributed by atoms with Crippen molar-refractivity contribution in [3.63, 3.8) is 0 Å². The summed E-state index contributed by atoms with van der Waals surface area (Å²) in [7, 11) is 0. The number of halogens is 1. The first-order valence-corrected chi connectivity index (χ1v) is 4.52. The van der Waals surface area contributed by atoms with Crippen LogP contribution >= 0.6 is 11.6 Å². The number of pyridine rings is 1. The zero-order chi connectivity index (χ0) is 10.1. The van der Waals surface area contributed by atoms with Gasteiger partial charge in [0.2, 0.25) is 11.8 Å². The summed E-state index contributed by atoms with van der Waals surface area (Å²) in [6, 6.07) is 3.43. The first kappa shape index (κ1) is 9.15. The molecule has 2 heterocycles. The number of imide groups is 1. The Morgan fingerprint density at radius 3 is 2.64 bits per heavy atom. The highest BCUT2D eigenvalue weighted by molar-refractivity contribution is 6.37. The van der Waals surface area contributed by atoms with Crippen molar-refractivity contribution in [3.05, 3.63) is 30.1 Å². The molecule has 1 saturated heterocycles. The van der Waals surface area contributed by atoms with Crippen LogP contribution in [-0.4, -0.2) is 22.2 Å². The number of nitrogens with one attached hydrogen (secondary N) is 1. The van der Waals surface area contributed by atoms with Gasteiger partial charge in [0, 0.05) is 12.4 Å². The van der Waals surface area contributed by atoms with E-state index < -0.39 is 17.2 Å². The second kappa shape index (κ2) is 3.38. The second-order valence-electron chi connectivity index (χ2n) is 3.02. The van der Waals surface area contributed by atoms with Crippen molar-refractivity contribution < 1.29 is 9.59 Å². The predicted octanol–water partition coefficient (Wildman–Crippen LogP) is 0.429. The minimum atomic E-state index is -0.827. The van der Waals surface area contributed by atoms with Crippen molar-refractivity contribution in [2.24, 2.45) is 0 Å². The van der Waals surface area contributed by atoms with Gasteiger partial charge in [-0.15, -0.1) is 11.6 Å². The molecule has 1 fully saturated rings. The number of hydrogen-bond acceptors (Lipinski definition) is 3. The van der Waals surface area contributed by atoms with Crippen LogP contribution in [0.4, 0.5) is 0 Å². The number of amides is 2. The smallest absolute Gasteiger partial charge is 0.245 e. The van der Waals surface area contributed by atoms with Gasteiger partial charge in [-0.2, -0.15) is 0 Å². The SMILES string of the molecule is O=C1NC(=O)C(c2cccnc2)C1Cl. The lowest BCUT2D eigenvalue weighted by Gasteiger charge is -2.08. The van der Waals surface area contributed by atoms with Crippen LogP contribution in [0.2, 0.25) is 0 Å². The topological polar surface area (TPSA) is 59.1 Å². The van der Waals surface area contributed by atoms with E-state index in [9.17, 15) is 9.59 Å². The molecule has 0 radical (unpaired) electrons. The minimum absolute atomic E-state index is 0.358. The summed E-state index contributed by atoms with van der Waals surface area (Å²) in [4.78, 5) is 26.3. The van der Waals surface area contributed by atoms with E-state index in [0.717, 1.165) is 0 Å². The van der Waals surface area contributed by atoms with Crippen LogP contribution in [-0.2, 0) is 9.59 Å². The molecule has 4 nitrogen and oxygen atoms in total. The molecule has 0 saturated carbocycles. The summed E-state index contributed by atoms with van der Waals surface area (Å²) >= 11 is 5.80. The molecule has 14 heavy (non-hydrogen) atoms. The second-order valence-corrected chi connectivity index (χ2v) is 3.49. The molecule has 1 aliphatic rings. The quantitative estimate of drug-likeness (QED) is 0.540. The number of aromatic nitrogens is 1. The van der Waals surface area contributed by atoms with E-state index in [4.69, 9.17) is 11.6 Å². The Balaban J connectivity index is 2.36. The molecule has 0 aromatic carbocycles. The molecule has 1 N–H and O–H groups in total. The average molecular weight is 211 g/mol. The highest BCUT2D eigenvalue weighted by Gasteiger charge is 2.41. The Morgan fingerprint density at radius 1 is 1.36 bits per heavy atom. The predicted molar refractivity (Wildman–Crippen MR) is 49.8 cm³/mol. The lowest BCUT2D eigenvalue weighted by atomic mass is 9.99. The van der Waals surface area contributed by atoms with Crippen molar-refractivity contribution >= 4 is 23.4 Å². The van der Waals surface area contributed by atoms with Crippen LogP contribution in [0.1, 0.15) is 11.5 Å². The molecule has 1 aliphatic heterocycles. The molecular formula is C9H7ClN2O2. The Hall–Kier alpha value is -1.42. The van der Waals surface area contributed by atoms with Gasteiger partial charge in [-0.1, -0.05) is 6.07 Å². The maximum absolute atomic E-state index is 11.4. The third-order valence-electron chi connectivity index (χ3n) is 2.12.